The number of hydrogen-bond acceptors (Lipinski definition) is 4. The van der Waals surface area contributed by atoms with Crippen LogP contribution in [0.1, 0.15) is 10.4 Å². The molecule has 0 saturated carbocycles. The van der Waals surface area contributed by atoms with Crippen LogP contribution in [0.2, 0.25) is 0 Å². The van der Waals surface area contributed by atoms with Crippen LogP contribution in [0.25, 0.3) is 11.3 Å². The quantitative estimate of drug-likeness (QED) is 0.772. The molecule has 1 amide bonds. The summed E-state index contributed by atoms with van der Waals surface area (Å²) in [5, 5.41) is 2.72. The van der Waals surface area contributed by atoms with Crippen LogP contribution < -0.4 is 14.8 Å². The number of ether oxygens (including phenoxy) is 2. The van der Waals surface area contributed by atoms with Crippen molar-refractivity contribution in [3.63, 3.8) is 0 Å². The van der Waals surface area contributed by atoms with Gasteiger partial charge in [-0.2, -0.15) is 0 Å². The lowest BCUT2D eigenvalue weighted by Crippen LogP contribution is -2.12. The number of rotatable bonds is 3. The van der Waals surface area contributed by atoms with Crippen molar-refractivity contribution in [3.05, 3.63) is 71.9 Å². The molecule has 0 fully saturated rings. The summed E-state index contributed by atoms with van der Waals surface area (Å²) in [4.78, 5) is 16.4. The van der Waals surface area contributed by atoms with E-state index in [1.807, 2.05) is 0 Å². The number of fused-ring (bicyclic) bond motifs is 1. The summed E-state index contributed by atoms with van der Waals surface area (Å²) in [7, 11) is 0. The fourth-order valence-electron chi connectivity index (χ4n) is 2.57. The molecule has 5 nitrogen and oxygen atoms in total. The van der Waals surface area contributed by atoms with E-state index in [9.17, 15) is 13.6 Å². The monoisotopic (exact) mass is 354 g/mol. The van der Waals surface area contributed by atoms with Crippen molar-refractivity contribution in [1.82, 2.24) is 4.98 Å². The van der Waals surface area contributed by atoms with Crippen molar-refractivity contribution in [1.29, 1.82) is 0 Å². The third kappa shape index (κ3) is 2.95. The maximum atomic E-state index is 13.8. The van der Waals surface area contributed by atoms with Crippen LogP contribution in [-0.2, 0) is 0 Å². The van der Waals surface area contributed by atoms with Crippen molar-refractivity contribution in [3.8, 4) is 22.8 Å². The SMILES string of the molecule is O=C(Nc1ccc2c(c1)OCO2)c1ccc(-c2cccc(F)c2F)nc1. The van der Waals surface area contributed by atoms with E-state index >= 15 is 0 Å². The summed E-state index contributed by atoms with van der Waals surface area (Å²) in [5.41, 5.74) is 1.09. The van der Waals surface area contributed by atoms with Gasteiger partial charge in [0.1, 0.15) is 0 Å². The molecular formula is C19H12F2N2O3. The highest BCUT2D eigenvalue weighted by Crippen LogP contribution is 2.34. The van der Waals surface area contributed by atoms with Gasteiger partial charge in [-0.15, -0.1) is 0 Å². The van der Waals surface area contributed by atoms with Crippen LogP contribution in [0.15, 0.2) is 54.7 Å². The highest BCUT2D eigenvalue weighted by molar-refractivity contribution is 6.04. The fraction of sp³-hybridized carbons (Fsp3) is 0.0526. The lowest BCUT2D eigenvalue weighted by atomic mass is 10.1. The molecule has 26 heavy (non-hydrogen) atoms. The minimum atomic E-state index is -0.974. The molecule has 1 aromatic heterocycles. The minimum Gasteiger partial charge on any atom is -0.454 e. The van der Waals surface area contributed by atoms with Crippen LogP contribution in [0.4, 0.5) is 14.5 Å². The van der Waals surface area contributed by atoms with Crippen molar-refractivity contribution >= 4 is 11.6 Å². The first-order chi connectivity index (χ1) is 12.6. The maximum absolute atomic E-state index is 13.8. The number of carbonyl (C=O) groups is 1. The molecular weight excluding hydrogens is 342 g/mol. The van der Waals surface area contributed by atoms with Gasteiger partial charge < -0.3 is 14.8 Å². The molecule has 0 spiro atoms. The minimum absolute atomic E-state index is 0.0349. The number of amides is 1. The van der Waals surface area contributed by atoms with E-state index in [1.165, 1.54) is 30.5 Å². The molecule has 2 heterocycles. The number of nitrogens with one attached hydrogen (secondary N) is 1. The van der Waals surface area contributed by atoms with Gasteiger partial charge in [0.15, 0.2) is 23.1 Å². The molecule has 7 heteroatoms. The van der Waals surface area contributed by atoms with E-state index in [0.29, 0.717) is 17.2 Å². The van der Waals surface area contributed by atoms with Crippen LogP contribution in [0, 0.1) is 11.6 Å². The molecule has 0 saturated heterocycles. The normalized spacial score (nSPS) is 12.1. The molecule has 1 aliphatic rings. The van der Waals surface area contributed by atoms with Gasteiger partial charge in [0.25, 0.3) is 5.91 Å². The smallest absolute Gasteiger partial charge is 0.257 e. The van der Waals surface area contributed by atoms with Crippen molar-refractivity contribution < 1.29 is 23.0 Å². The third-order valence-corrected chi connectivity index (χ3v) is 3.88. The predicted molar refractivity (Wildman–Crippen MR) is 90.1 cm³/mol. The Balaban J connectivity index is 1.53. The summed E-state index contributed by atoms with van der Waals surface area (Å²) in [5.74, 6) is -1.14. The number of nitrogens with zero attached hydrogens (tertiary/aromatic N) is 1. The van der Waals surface area contributed by atoms with Gasteiger partial charge in [0.05, 0.1) is 11.3 Å². The Hall–Kier alpha value is -3.48. The van der Waals surface area contributed by atoms with Crippen LogP contribution in [-0.4, -0.2) is 17.7 Å². The highest BCUT2D eigenvalue weighted by Gasteiger charge is 2.15. The Labute approximate surface area is 147 Å². The number of carbonyl (C=O) groups excluding carboxylic acids is 1. The first-order valence-electron chi connectivity index (χ1n) is 7.73. The van der Waals surface area contributed by atoms with Gasteiger partial charge in [-0.1, -0.05) is 6.07 Å². The molecule has 0 unspecified atom stereocenters. The van der Waals surface area contributed by atoms with E-state index in [2.05, 4.69) is 10.3 Å². The predicted octanol–water partition coefficient (Wildman–Crippen LogP) is 4.01. The average Bonchev–Trinajstić information content (AvgIpc) is 3.12. The van der Waals surface area contributed by atoms with Gasteiger partial charge >= 0.3 is 0 Å². The highest BCUT2D eigenvalue weighted by atomic mass is 19.2. The zero-order valence-electron chi connectivity index (χ0n) is 13.3. The van der Waals surface area contributed by atoms with Gasteiger partial charge in [0, 0.05) is 23.5 Å². The molecule has 3 aromatic rings. The Morgan fingerprint density at radius 2 is 1.88 bits per heavy atom. The van der Waals surface area contributed by atoms with Gasteiger partial charge in [-0.3, -0.25) is 9.78 Å². The summed E-state index contributed by atoms with van der Waals surface area (Å²) in [6, 6.07) is 11.9. The zero-order chi connectivity index (χ0) is 18.1. The zero-order valence-corrected chi connectivity index (χ0v) is 13.3. The molecule has 0 atom stereocenters. The number of halogens is 2. The number of hydrogen-bond donors (Lipinski definition) is 1. The summed E-state index contributed by atoms with van der Waals surface area (Å²) in [6.45, 7) is 0.148. The molecule has 0 bridgehead atoms. The number of aromatic nitrogens is 1. The molecule has 130 valence electrons. The van der Waals surface area contributed by atoms with Crippen LogP contribution in [0.3, 0.4) is 0 Å². The standard InChI is InChI=1S/C19H12F2N2O3/c20-14-3-1-2-13(18(14)21)15-6-4-11(9-22-15)19(24)23-12-5-7-16-17(8-12)26-10-25-16/h1-9H,10H2,(H,23,24). The largest absolute Gasteiger partial charge is 0.454 e. The van der Waals surface area contributed by atoms with Gasteiger partial charge in [-0.05, 0) is 36.4 Å². The Bertz CT molecular complexity index is 991. The molecule has 1 aliphatic heterocycles. The fourth-order valence-corrected chi connectivity index (χ4v) is 2.57. The first-order valence-corrected chi connectivity index (χ1v) is 7.73. The molecule has 4 rings (SSSR count). The Morgan fingerprint density at radius 1 is 1.04 bits per heavy atom. The molecule has 0 radical (unpaired) electrons. The van der Waals surface area contributed by atoms with E-state index in [1.54, 1.807) is 18.2 Å². The molecule has 1 N–H and O–H groups in total. The third-order valence-electron chi connectivity index (χ3n) is 3.88. The summed E-state index contributed by atoms with van der Waals surface area (Å²) >= 11 is 0. The lowest BCUT2D eigenvalue weighted by Gasteiger charge is -2.07. The second kappa shape index (κ2) is 6.44. The van der Waals surface area contributed by atoms with E-state index < -0.39 is 11.6 Å². The average molecular weight is 354 g/mol. The first kappa shape index (κ1) is 16.0. The van der Waals surface area contributed by atoms with Crippen LogP contribution >= 0.6 is 0 Å². The molecule has 0 aliphatic carbocycles. The number of benzene rings is 2. The Kier molecular flexibility index (Phi) is 3.96. The van der Waals surface area contributed by atoms with Crippen molar-refractivity contribution in [2.24, 2.45) is 0 Å². The summed E-state index contributed by atoms with van der Waals surface area (Å²) in [6.07, 6.45) is 1.31. The van der Waals surface area contributed by atoms with Crippen molar-refractivity contribution in [2.75, 3.05) is 12.1 Å². The lowest BCUT2D eigenvalue weighted by molar-refractivity contribution is 0.102. The number of pyridine rings is 1. The van der Waals surface area contributed by atoms with Crippen LogP contribution in [0.5, 0.6) is 11.5 Å². The maximum Gasteiger partial charge on any atom is 0.257 e. The van der Waals surface area contributed by atoms with E-state index in [4.69, 9.17) is 9.47 Å². The van der Waals surface area contributed by atoms with Crippen molar-refractivity contribution in [2.45, 2.75) is 0 Å². The van der Waals surface area contributed by atoms with E-state index in [0.717, 1.165) is 6.07 Å². The second-order valence-corrected chi connectivity index (χ2v) is 5.56. The second-order valence-electron chi connectivity index (χ2n) is 5.56. The number of anilines is 1. The van der Waals surface area contributed by atoms with Gasteiger partial charge in [-0.25, -0.2) is 8.78 Å². The summed E-state index contributed by atoms with van der Waals surface area (Å²) < 4.78 is 37.6. The Morgan fingerprint density at radius 3 is 2.69 bits per heavy atom. The molecule has 2 aromatic carbocycles. The van der Waals surface area contributed by atoms with E-state index in [-0.39, 0.29) is 29.5 Å². The van der Waals surface area contributed by atoms with Gasteiger partial charge in [0.2, 0.25) is 6.79 Å². The topological polar surface area (TPSA) is 60.5 Å².